The minimum absolute atomic E-state index is 0.0601. The number of nitrogens with one attached hydrogen (secondary N) is 2. The zero-order chi connectivity index (χ0) is 28.2. The number of piperazine rings is 1. The van der Waals surface area contributed by atoms with Crippen LogP contribution in [0.1, 0.15) is 34.6 Å². The molecule has 1 saturated heterocycles. The zero-order valence-electron chi connectivity index (χ0n) is 22.8. The molecule has 1 rings (SSSR count). The average molecular weight is 552 g/mol. The molecule has 1 atom stereocenters. The van der Waals surface area contributed by atoms with Crippen molar-refractivity contribution < 1.29 is 17.9 Å². The van der Waals surface area contributed by atoms with Crippen LogP contribution in [0.2, 0.25) is 0 Å². The summed E-state index contributed by atoms with van der Waals surface area (Å²) >= 11 is 0.913. The number of thioether (sulfide) groups is 1. The SMILES string of the molecule is C=C/C=C\C(=C(C)C)/C(=N\C=C)N[C@@H](C)CN1CCN(S(=O)(=O)C(SC(=C)NC(=O)OC)=C(C)C)CC1. The number of carbonyl (C=O) groups excluding carboxylic acids is 1. The van der Waals surface area contributed by atoms with Gasteiger partial charge in [-0.3, -0.25) is 10.2 Å². The van der Waals surface area contributed by atoms with E-state index in [1.807, 2.05) is 26.0 Å². The minimum atomic E-state index is -3.74. The summed E-state index contributed by atoms with van der Waals surface area (Å²) < 4.78 is 32.9. The summed E-state index contributed by atoms with van der Waals surface area (Å²) in [7, 11) is -2.51. The molecule has 1 aliphatic heterocycles. The second-order valence-electron chi connectivity index (χ2n) is 8.85. The van der Waals surface area contributed by atoms with Crippen LogP contribution in [-0.2, 0) is 14.8 Å². The molecule has 0 unspecified atom stereocenters. The molecule has 1 heterocycles. The fraction of sp³-hybridized carbons (Fsp3) is 0.462. The minimum Gasteiger partial charge on any atom is -0.453 e. The quantitative estimate of drug-likeness (QED) is 0.211. The van der Waals surface area contributed by atoms with Crippen molar-refractivity contribution in [2.75, 3.05) is 39.8 Å². The molecule has 0 aliphatic carbocycles. The van der Waals surface area contributed by atoms with Crippen LogP contribution < -0.4 is 10.6 Å². The van der Waals surface area contributed by atoms with E-state index in [-0.39, 0.29) is 15.3 Å². The molecule has 0 bridgehead atoms. The highest BCUT2D eigenvalue weighted by molar-refractivity contribution is 8.20. The number of hydrogen-bond donors (Lipinski definition) is 2. The van der Waals surface area contributed by atoms with Crippen molar-refractivity contribution in [1.29, 1.82) is 0 Å². The van der Waals surface area contributed by atoms with Gasteiger partial charge in [0, 0.05) is 50.5 Å². The highest BCUT2D eigenvalue weighted by Gasteiger charge is 2.32. The van der Waals surface area contributed by atoms with Gasteiger partial charge in [0.2, 0.25) is 10.0 Å². The van der Waals surface area contributed by atoms with Gasteiger partial charge in [0.25, 0.3) is 0 Å². The molecular formula is C26H41N5O4S2. The molecule has 1 amide bonds. The number of amidine groups is 1. The van der Waals surface area contributed by atoms with Crippen molar-refractivity contribution >= 4 is 33.7 Å². The molecular weight excluding hydrogens is 510 g/mol. The number of allylic oxidation sites excluding steroid dienone is 4. The summed E-state index contributed by atoms with van der Waals surface area (Å²) in [5.74, 6) is 0.729. The van der Waals surface area contributed by atoms with E-state index in [0.29, 0.717) is 31.8 Å². The van der Waals surface area contributed by atoms with Gasteiger partial charge in [-0.15, -0.1) is 0 Å². The maximum Gasteiger partial charge on any atom is 0.411 e. The fourth-order valence-corrected chi connectivity index (χ4v) is 6.57. The Bertz CT molecular complexity index is 1070. The molecule has 0 spiro atoms. The summed E-state index contributed by atoms with van der Waals surface area (Å²) in [6, 6.07) is 0.0601. The van der Waals surface area contributed by atoms with Crippen molar-refractivity contribution in [3.63, 3.8) is 0 Å². The van der Waals surface area contributed by atoms with E-state index >= 15 is 0 Å². The number of aliphatic imine (C=N–C) groups is 1. The van der Waals surface area contributed by atoms with Gasteiger partial charge in [0.15, 0.2) is 0 Å². The predicted molar refractivity (Wildman–Crippen MR) is 156 cm³/mol. The lowest BCUT2D eigenvalue weighted by atomic mass is 10.1. The molecule has 2 N–H and O–H groups in total. The molecule has 37 heavy (non-hydrogen) atoms. The average Bonchev–Trinajstić information content (AvgIpc) is 2.82. The first-order valence-electron chi connectivity index (χ1n) is 11.9. The lowest BCUT2D eigenvalue weighted by Crippen LogP contribution is -2.52. The number of hydrogen-bond acceptors (Lipinski definition) is 7. The molecule has 1 aliphatic rings. The van der Waals surface area contributed by atoms with Crippen molar-refractivity contribution in [2.24, 2.45) is 4.99 Å². The van der Waals surface area contributed by atoms with E-state index in [2.05, 4.69) is 51.9 Å². The number of methoxy groups -OCH3 is 1. The number of rotatable bonds is 12. The Morgan fingerprint density at radius 2 is 1.76 bits per heavy atom. The van der Waals surface area contributed by atoms with Crippen LogP contribution in [0.5, 0.6) is 0 Å². The second kappa shape index (κ2) is 15.6. The molecule has 1 fully saturated rings. The Balaban J connectivity index is 2.85. The standard InChI is InChI=1S/C26H41N5O4S2/c1-10-12-13-23(19(3)4)24(27-11-2)28-21(7)18-30-14-16-31(17-15-30)37(33,34)25(20(5)6)36-22(8)29-26(32)35-9/h10-13,21H,1-2,8,14-18H2,3-7,9H3,(H,27,28)(H,29,32)/b13-12-/t21-/m0/s1. The van der Waals surface area contributed by atoms with Crippen LogP contribution in [0, 0.1) is 0 Å². The van der Waals surface area contributed by atoms with Crippen molar-refractivity contribution in [2.45, 2.75) is 40.7 Å². The van der Waals surface area contributed by atoms with Crippen LogP contribution in [0.25, 0.3) is 0 Å². The summed E-state index contributed by atoms with van der Waals surface area (Å²) in [4.78, 5) is 18.1. The number of carbonyl (C=O) groups is 1. The van der Waals surface area contributed by atoms with Crippen LogP contribution in [-0.4, -0.2) is 75.4 Å². The second-order valence-corrected chi connectivity index (χ2v) is 12.1. The number of alkyl carbamates (subject to hydrolysis) is 1. The molecule has 206 valence electrons. The van der Waals surface area contributed by atoms with Crippen molar-refractivity contribution in [3.05, 3.63) is 70.2 Å². The third-order valence-electron chi connectivity index (χ3n) is 5.28. The van der Waals surface area contributed by atoms with E-state index in [1.165, 1.54) is 17.6 Å². The molecule has 11 heteroatoms. The largest absolute Gasteiger partial charge is 0.453 e. The maximum atomic E-state index is 13.4. The lowest BCUT2D eigenvalue weighted by molar-refractivity contribution is 0.175. The first-order chi connectivity index (χ1) is 17.4. The molecule has 0 aromatic carbocycles. The Morgan fingerprint density at radius 3 is 2.24 bits per heavy atom. The van der Waals surface area contributed by atoms with Crippen LogP contribution in [0.15, 0.2) is 75.1 Å². The van der Waals surface area contributed by atoms with Gasteiger partial charge in [-0.1, -0.05) is 55.3 Å². The van der Waals surface area contributed by atoms with E-state index in [0.717, 1.165) is 35.3 Å². The fourth-order valence-electron chi connectivity index (χ4n) is 3.57. The molecule has 0 aromatic heterocycles. The van der Waals surface area contributed by atoms with E-state index in [9.17, 15) is 13.2 Å². The lowest BCUT2D eigenvalue weighted by Gasteiger charge is -2.36. The summed E-state index contributed by atoms with van der Waals surface area (Å²) in [6.07, 6.45) is 6.36. The summed E-state index contributed by atoms with van der Waals surface area (Å²) in [5, 5.41) is 6.07. The van der Waals surface area contributed by atoms with Gasteiger partial charge in [0.1, 0.15) is 10.1 Å². The van der Waals surface area contributed by atoms with E-state index < -0.39 is 16.1 Å². The van der Waals surface area contributed by atoms with Gasteiger partial charge in [-0.25, -0.2) is 18.2 Å². The van der Waals surface area contributed by atoms with Gasteiger partial charge in [-0.2, -0.15) is 4.31 Å². The monoisotopic (exact) mass is 551 g/mol. The molecule has 9 nitrogen and oxygen atoms in total. The third kappa shape index (κ3) is 10.4. The normalized spacial score (nSPS) is 16.0. The predicted octanol–water partition coefficient (Wildman–Crippen LogP) is 4.34. The highest BCUT2D eigenvalue weighted by Crippen LogP contribution is 2.33. The van der Waals surface area contributed by atoms with Crippen LogP contribution >= 0.6 is 11.8 Å². The highest BCUT2D eigenvalue weighted by atomic mass is 32.3. The van der Waals surface area contributed by atoms with Crippen molar-refractivity contribution in [3.8, 4) is 0 Å². The van der Waals surface area contributed by atoms with Gasteiger partial charge >= 0.3 is 6.09 Å². The number of ether oxygens (including phenoxy) is 1. The molecule has 0 aromatic rings. The number of nitrogens with zero attached hydrogens (tertiary/aromatic N) is 3. The summed E-state index contributed by atoms with van der Waals surface area (Å²) in [6.45, 7) is 23.4. The molecule has 0 saturated carbocycles. The third-order valence-corrected chi connectivity index (χ3v) is 9.03. The Morgan fingerprint density at radius 1 is 1.14 bits per heavy atom. The first kappa shape index (κ1) is 32.4. The molecule has 0 radical (unpaired) electrons. The van der Waals surface area contributed by atoms with E-state index in [1.54, 1.807) is 19.9 Å². The van der Waals surface area contributed by atoms with Crippen LogP contribution in [0.4, 0.5) is 4.79 Å². The Kier molecular flexibility index (Phi) is 13.7. The Labute approximate surface area is 226 Å². The van der Waals surface area contributed by atoms with Gasteiger partial charge in [0.05, 0.1) is 12.1 Å². The zero-order valence-corrected chi connectivity index (χ0v) is 24.5. The first-order valence-corrected chi connectivity index (χ1v) is 14.2. The number of amides is 1. The summed E-state index contributed by atoms with van der Waals surface area (Å²) in [5.41, 5.74) is 2.69. The van der Waals surface area contributed by atoms with Crippen molar-refractivity contribution in [1.82, 2.24) is 19.8 Å². The van der Waals surface area contributed by atoms with Crippen LogP contribution in [0.3, 0.4) is 0 Å². The number of sulfonamides is 1. The maximum absolute atomic E-state index is 13.4. The van der Waals surface area contributed by atoms with E-state index in [4.69, 9.17) is 0 Å². The smallest absolute Gasteiger partial charge is 0.411 e. The van der Waals surface area contributed by atoms with Gasteiger partial charge in [-0.05, 0) is 40.2 Å². The van der Waals surface area contributed by atoms with Gasteiger partial charge < -0.3 is 10.1 Å². The Hall–Kier alpha value is -2.60. The topological polar surface area (TPSA) is 103 Å².